The Morgan fingerprint density at radius 2 is 1.73 bits per heavy atom. The molecule has 130 valence electrons. The van der Waals surface area contributed by atoms with E-state index in [2.05, 4.69) is 5.32 Å². The average molecular weight is 364 g/mol. The highest BCUT2D eigenvalue weighted by atomic mass is 32.2. The fourth-order valence-corrected chi connectivity index (χ4v) is 3.71. The van der Waals surface area contributed by atoms with Crippen molar-refractivity contribution in [1.29, 1.82) is 5.26 Å². The van der Waals surface area contributed by atoms with Crippen LogP contribution in [0.4, 0.5) is 5.69 Å². The number of benzene rings is 2. The van der Waals surface area contributed by atoms with Crippen LogP contribution in [0.2, 0.25) is 0 Å². The second-order valence-corrected chi connectivity index (χ2v) is 7.23. The SMILES string of the molecule is Cc1cc(C)cc(C(=O)[C@H](C#N)C(=O)c2ccc3c(c2)NC(=O)CS3)c1. The van der Waals surface area contributed by atoms with Crippen LogP contribution in [0.3, 0.4) is 0 Å². The predicted octanol–water partition coefficient (Wildman–Crippen LogP) is 3.55. The Morgan fingerprint density at radius 3 is 2.38 bits per heavy atom. The van der Waals surface area contributed by atoms with Gasteiger partial charge in [-0.05, 0) is 38.1 Å². The van der Waals surface area contributed by atoms with Crippen molar-refractivity contribution < 1.29 is 14.4 Å². The second-order valence-electron chi connectivity index (χ2n) is 6.21. The number of ketones is 2. The number of carbonyl (C=O) groups is 3. The quantitative estimate of drug-likeness (QED) is 0.662. The monoisotopic (exact) mass is 364 g/mol. The number of thioether (sulfide) groups is 1. The fourth-order valence-electron chi connectivity index (χ4n) is 2.92. The van der Waals surface area contributed by atoms with Crippen molar-refractivity contribution >= 4 is 34.9 Å². The highest BCUT2D eigenvalue weighted by Crippen LogP contribution is 2.32. The van der Waals surface area contributed by atoms with E-state index in [1.807, 2.05) is 26.0 Å². The van der Waals surface area contributed by atoms with Crippen molar-refractivity contribution in [2.24, 2.45) is 5.92 Å². The molecule has 1 amide bonds. The van der Waals surface area contributed by atoms with Crippen LogP contribution >= 0.6 is 11.8 Å². The van der Waals surface area contributed by atoms with Gasteiger partial charge in [-0.1, -0.05) is 23.3 Å². The molecule has 0 aromatic heterocycles. The van der Waals surface area contributed by atoms with E-state index >= 15 is 0 Å². The van der Waals surface area contributed by atoms with E-state index in [-0.39, 0.29) is 11.5 Å². The zero-order valence-corrected chi connectivity index (χ0v) is 15.1. The van der Waals surface area contributed by atoms with Gasteiger partial charge in [0.2, 0.25) is 5.91 Å². The minimum absolute atomic E-state index is 0.143. The Labute approximate surface area is 155 Å². The van der Waals surface area contributed by atoms with Crippen LogP contribution in [0.15, 0.2) is 41.3 Å². The topological polar surface area (TPSA) is 87.0 Å². The summed E-state index contributed by atoms with van der Waals surface area (Å²) in [6.45, 7) is 3.72. The third-order valence-corrected chi connectivity index (χ3v) is 5.13. The van der Waals surface area contributed by atoms with E-state index in [0.29, 0.717) is 17.0 Å². The summed E-state index contributed by atoms with van der Waals surface area (Å²) >= 11 is 1.38. The summed E-state index contributed by atoms with van der Waals surface area (Å²) in [5.74, 6) is -2.31. The lowest BCUT2D eigenvalue weighted by molar-refractivity contribution is -0.113. The van der Waals surface area contributed by atoms with E-state index in [0.717, 1.165) is 16.0 Å². The van der Waals surface area contributed by atoms with Crippen molar-refractivity contribution in [3.63, 3.8) is 0 Å². The Hall–Kier alpha value is -2.91. The van der Waals surface area contributed by atoms with Gasteiger partial charge in [-0.15, -0.1) is 11.8 Å². The first-order valence-corrected chi connectivity index (χ1v) is 9.00. The molecule has 1 heterocycles. The first kappa shape index (κ1) is 17.9. The third-order valence-electron chi connectivity index (χ3n) is 4.06. The summed E-state index contributed by atoms with van der Waals surface area (Å²) in [5, 5.41) is 12.2. The summed E-state index contributed by atoms with van der Waals surface area (Å²) < 4.78 is 0. The van der Waals surface area contributed by atoms with Gasteiger partial charge in [-0.2, -0.15) is 5.26 Å². The molecule has 1 aliphatic heterocycles. The predicted molar refractivity (Wildman–Crippen MR) is 99.5 cm³/mol. The zero-order valence-electron chi connectivity index (χ0n) is 14.3. The maximum atomic E-state index is 12.8. The molecule has 0 spiro atoms. The molecule has 0 saturated heterocycles. The van der Waals surface area contributed by atoms with Gasteiger partial charge >= 0.3 is 0 Å². The van der Waals surface area contributed by atoms with Crippen molar-refractivity contribution in [1.82, 2.24) is 0 Å². The minimum Gasteiger partial charge on any atom is -0.324 e. The van der Waals surface area contributed by atoms with Gasteiger partial charge in [0.15, 0.2) is 17.5 Å². The molecule has 2 aromatic rings. The molecule has 0 fully saturated rings. The van der Waals surface area contributed by atoms with E-state index in [1.54, 1.807) is 24.3 Å². The highest BCUT2D eigenvalue weighted by molar-refractivity contribution is 8.00. The molecule has 1 N–H and O–H groups in total. The summed E-state index contributed by atoms with van der Waals surface area (Å²) in [6.07, 6.45) is 0. The number of Topliss-reactive ketones (excluding diaryl/α,β-unsaturated/α-hetero) is 2. The van der Waals surface area contributed by atoms with Gasteiger partial charge in [-0.3, -0.25) is 14.4 Å². The van der Waals surface area contributed by atoms with Crippen LogP contribution in [-0.2, 0) is 4.79 Å². The second kappa shape index (κ2) is 7.14. The number of aryl methyl sites for hydroxylation is 2. The lowest BCUT2D eigenvalue weighted by atomic mass is 9.90. The minimum atomic E-state index is -1.42. The molecule has 0 aliphatic carbocycles. The van der Waals surface area contributed by atoms with E-state index < -0.39 is 17.5 Å². The molecule has 26 heavy (non-hydrogen) atoms. The summed E-state index contributed by atoms with van der Waals surface area (Å²) in [5.41, 5.74) is 2.91. The number of hydrogen-bond acceptors (Lipinski definition) is 5. The van der Waals surface area contributed by atoms with Crippen LogP contribution in [-0.4, -0.2) is 23.2 Å². The number of hydrogen-bond donors (Lipinski definition) is 1. The largest absolute Gasteiger partial charge is 0.324 e. The van der Waals surface area contributed by atoms with Crippen molar-refractivity contribution in [3.8, 4) is 6.07 Å². The molecule has 0 bridgehead atoms. The lowest BCUT2D eigenvalue weighted by Gasteiger charge is -2.17. The molecule has 0 saturated carbocycles. The molecular formula is C20H16N2O3S. The Kier molecular flexibility index (Phi) is 4.92. The van der Waals surface area contributed by atoms with E-state index in [4.69, 9.17) is 0 Å². The van der Waals surface area contributed by atoms with Crippen molar-refractivity contribution in [2.45, 2.75) is 18.7 Å². The maximum Gasteiger partial charge on any atom is 0.234 e. The molecule has 1 atom stereocenters. The molecule has 3 rings (SSSR count). The van der Waals surface area contributed by atoms with Crippen LogP contribution < -0.4 is 5.32 Å². The normalized spacial score (nSPS) is 14.0. The Morgan fingerprint density at radius 1 is 1.08 bits per heavy atom. The Bertz CT molecular complexity index is 955. The number of carbonyl (C=O) groups excluding carboxylic acids is 3. The molecule has 0 unspecified atom stereocenters. The standard InChI is InChI=1S/C20H16N2O3S/c1-11-5-12(2)7-14(6-11)20(25)15(9-21)19(24)13-3-4-17-16(8-13)22-18(23)10-26-17/h3-8,15H,10H2,1-2H3,(H,22,23)/t15-/m1/s1. The lowest BCUT2D eigenvalue weighted by Crippen LogP contribution is -2.24. The number of amides is 1. The average Bonchev–Trinajstić information content (AvgIpc) is 2.60. The third kappa shape index (κ3) is 3.53. The summed E-state index contributed by atoms with van der Waals surface area (Å²) in [6, 6.07) is 12.0. The van der Waals surface area contributed by atoms with Crippen LogP contribution in [0, 0.1) is 31.1 Å². The molecule has 6 heteroatoms. The fraction of sp³-hybridized carbons (Fsp3) is 0.200. The smallest absolute Gasteiger partial charge is 0.234 e. The maximum absolute atomic E-state index is 12.8. The van der Waals surface area contributed by atoms with Gasteiger partial charge in [-0.25, -0.2) is 0 Å². The molecular weight excluding hydrogens is 348 g/mol. The van der Waals surface area contributed by atoms with Gasteiger partial charge in [0.1, 0.15) is 0 Å². The van der Waals surface area contributed by atoms with Gasteiger partial charge in [0.25, 0.3) is 0 Å². The molecule has 5 nitrogen and oxygen atoms in total. The molecule has 2 aromatic carbocycles. The van der Waals surface area contributed by atoms with Gasteiger partial charge in [0.05, 0.1) is 17.5 Å². The highest BCUT2D eigenvalue weighted by Gasteiger charge is 2.29. The van der Waals surface area contributed by atoms with Gasteiger partial charge < -0.3 is 5.32 Å². The summed E-state index contributed by atoms with van der Waals surface area (Å²) in [7, 11) is 0. The van der Waals surface area contributed by atoms with Crippen molar-refractivity contribution in [3.05, 3.63) is 58.7 Å². The number of nitrogens with one attached hydrogen (secondary N) is 1. The van der Waals surface area contributed by atoms with Crippen molar-refractivity contribution in [2.75, 3.05) is 11.1 Å². The first-order chi connectivity index (χ1) is 12.4. The van der Waals surface area contributed by atoms with Crippen LogP contribution in [0.5, 0.6) is 0 Å². The first-order valence-electron chi connectivity index (χ1n) is 8.02. The number of anilines is 1. The number of nitrogens with zero attached hydrogens (tertiary/aromatic N) is 1. The van der Waals surface area contributed by atoms with Gasteiger partial charge in [0, 0.05) is 16.0 Å². The molecule has 0 radical (unpaired) electrons. The van der Waals surface area contributed by atoms with Crippen LogP contribution in [0.25, 0.3) is 0 Å². The number of nitriles is 1. The summed E-state index contributed by atoms with van der Waals surface area (Å²) in [4.78, 5) is 37.9. The number of fused-ring (bicyclic) bond motifs is 1. The van der Waals surface area contributed by atoms with E-state index in [1.165, 1.54) is 17.8 Å². The Balaban J connectivity index is 1.92. The van der Waals surface area contributed by atoms with E-state index in [9.17, 15) is 19.6 Å². The zero-order chi connectivity index (χ0) is 18.8. The van der Waals surface area contributed by atoms with Crippen LogP contribution in [0.1, 0.15) is 31.8 Å². The molecule has 1 aliphatic rings. The number of rotatable bonds is 4.